The van der Waals surface area contributed by atoms with E-state index >= 15 is 0 Å². The highest BCUT2D eigenvalue weighted by Crippen LogP contribution is 2.50. The van der Waals surface area contributed by atoms with Crippen LogP contribution in [0.3, 0.4) is 0 Å². The second-order valence-electron chi connectivity index (χ2n) is 7.50. The average molecular weight is 283 g/mol. The van der Waals surface area contributed by atoms with E-state index in [1.807, 2.05) is 20.8 Å². The molecule has 0 spiro atoms. The maximum atomic E-state index is 11.6. The lowest BCUT2D eigenvalue weighted by Gasteiger charge is -2.47. The number of rotatable bonds is 1. The summed E-state index contributed by atoms with van der Waals surface area (Å²) in [5.74, 6) is -4.39. The second kappa shape index (κ2) is 4.60. The summed E-state index contributed by atoms with van der Waals surface area (Å²) in [6.45, 7) is 10.7. The van der Waals surface area contributed by atoms with Gasteiger partial charge in [0.05, 0.1) is 11.5 Å². The highest BCUT2D eigenvalue weighted by atomic mass is 16.5. The smallest absolute Gasteiger partial charge is 0.248 e. The summed E-state index contributed by atoms with van der Waals surface area (Å²) in [5.41, 5.74) is 4.17. The number of hydrogen-bond acceptors (Lipinski definition) is 4. The van der Waals surface area contributed by atoms with Gasteiger partial charge in [0, 0.05) is 0 Å². The van der Waals surface area contributed by atoms with Gasteiger partial charge in [0.1, 0.15) is 5.76 Å². The molecule has 0 aromatic heterocycles. The number of amides is 1. The molecule has 1 atom stereocenters. The van der Waals surface area contributed by atoms with Crippen molar-refractivity contribution in [2.75, 3.05) is 0 Å². The third-order valence-corrected chi connectivity index (χ3v) is 3.58. The average Bonchev–Trinajstić information content (AvgIpc) is 2.16. The lowest BCUT2D eigenvalue weighted by molar-refractivity contribution is -0.193. The van der Waals surface area contributed by atoms with Crippen molar-refractivity contribution in [3.05, 3.63) is 23.0 Å². The highest BCUT2D eigenvalue weighted by molar-refractivity contribution is 5.94. The number of carbonyl (C=O) groups excluding carboxylic acids is 1. The van der Waals surface area contributed by atoms with Crippen LogP contribution in [0.25, 0.3) is 0 Å². The minimum absolute atomic E-state index is 0.143. The van der Waals surface area contributed by atoms with Crippen LogP contribution in [0.2, 0.25) is 0 Å². The van der Waals surface area contributed by atoms with Crippen LogP contribution in [-0.2, 0) is 4.79 Å². The lowest BCUT2D eigenvalue weighted by Crippen LogP contribution is -2.53. The van der Waals surface area contributed by atoms with Crippen LogP contribution in [0.15, 0.2) is 23.0 Å². The van der Waals surface area contributed by atoms with Crippen molar-refractivity contribution in [2.45, 2.75) is 47.3 Å². The van der Waals surface area contributed by atoms with Crippen LogP contribution >= 0.6 is 0 Å². The van der Waals surface area contributed by atoms with Gasteiger partial charge in [-0.2, -0.15) is 0 Å². The van der Waals surface area contributed by atoms with E-state index in [1.165, 1.54) is 6.08 Å². The number of carbonyl (C=O) groups is 1. The Hall–Kier alpha value is -1.33. The fourth-order valence-electron chi connectivity index (χ4n) is 2.90. The molecule has 0 bridgehead atoms. The zero-order valence-corrected chi connectivity index (χ0v) is 13.0. The molecule has 1 aliphatic carbocycles. The molecule has 1 rings (SSSR count). The second-order valence-corrected chi connectivity index (χ2v) is 7.50. The molecule has 0 aliphatic heterocycles. The zero-order chi connectivity index (χ0) is 16.1. The first-order valence-electron chi connectivity index (χ1n) is 6.61. The fourth-order valence-corrected chi connectivity index (χ4v) is 2.90. The maximum absolute atomic E-state index is 11.6. The predicted octanol–water partition coefficient (Wildman–Crippen LogP) is 1.61. The fraction of sp³-hybridized carbons (Fsp3) is 0.667. The Morgan fingerprint density at radius 3 is 1.95 bits per heavy atom. The molecule has 5 heteroatoms. The van der Waals surface area contributed by atoms with Gasteiger partial charge in [-0.25, -0.2) is 0 Å². The van der Waals surface area contributed by atoms with Crippen molar-refractivity contribution in [1.82, 2.24) is 0 Å². The Kier molecular flexibility index (Phi) is 3.85. The van der Waals surface area contributed by atoms with Crippen molar-refractivity contribution < 1.29 is 20.1 Å². The Morgan fingerprint density at radius 1 is 1.20 bits per heavy atom. The molecular weight excluding hydrogens is 258 g/mol. The number of hydrogen-bond donors (Lipinski definition) is 4. The van der Waals surface area contributed by atoms with Gasteiger partial charge in [-0.3, -0.25) is 4.79 Å². The molecule has 1 amide bonds. The van der Waals surface area contributed by atoms with Gasteiger partial charge in [-0.15, -0.1) is 0 Å². The SMILES string of the molecule is CC(C)(C)C1=CC(O)=C(C(N)=O)C(C(C)(C)C)C1(O)O. The lowest BCUT2D eigenvalue weighted by atomic mass is 9.63. The molecule has 0 fully saturated rings. The van der Waals surface area contributed by atoms with Gasteiger partial charge in [0.15, 0.2) is 5.79 Å². The quantitative estimate of drug-likeness (QED) is 0.549. The molecule has 114 valence electrons. The van der Waals surface area contributed by atoms with Gasteiger partial charge in [-0.05, 0) is 22.5 Å². The van der Waals surface area contributed by atoms with Crippen LogP contribution in [-0.4, -0.2) is 27.0 Å². The van der Waals surface area contributed by atoms with Gasteiger partial charge in [0.25, 0.3) is 0 Å². The van der Waals surface area contributed by atoms with E-state index in [0.717, 1.165) is 0 Å². The summed E-state index contributed by atoms with van der Waals surface area (Å²) < 4.78 is 0. The topological polar surface area (TPSA) is 104 Å². The van der Waals surface area contributed by atoms with Crippen LogP contribution in [0.4, 0.5) is 0 Å². The molecule has 5 nitrogen and oxygen atoms in total. The number of primary amides is 1. The number of nitrogens with two attached hydrogens (primary N) is 1. The minimum Gasteiger partial charge on any atom is -0.507 e. The van der Waals surface area contributed by atoms with Crippen molar-refractivity contribution in [1.29, 1.82) is 0 Å². The standard InChI is InChI=1S/C15H25NO4/c1-13(2,3)9-7-8(17)10(12(16)18)11(14(4,5)6)15(9,19)20/h7,11,17,19-20H,1-6H3,(H2,16,18). The number of aliphatic hydroxyl groups excluding tert-OH is 1. The summed E-state index contributed by atoms with van der Waals surface area (Å²) in [6.07, 6.45) is 1.24. The predicted molar refractivity (Wildman–Crippen MR) is 76.5 cm³/mol. The van der Waals surface area contributed by atoms with Crippen LogP contribution < -0.4 is 5.73 Å². The first kappa shape index (κ1) is 16.7. The summed E-state index contributed by atoms with van der Waals surface area (Å²) in [7, 11) is 0. The zero-order valence-electron chi connectivity index (χ0n) is 13.0. The molecule has 0 heterocycles. The monoisotopic (exact) mass is 283 g/mol. The van der Waals surface area contributed by atoms with Gasteiger partial charge < -0.3 is 21.1 Å². The van der Waals surface area contributed by atoms with E-state index in [-0.39, 0.29) is 16.9 Å². The highest BCUT2D eigenvalue weighted by Gasteiger charge is 2.53. The Bertz CT molecular complexity index is 487. The van der Waals surface area contributed by atoms with Crippen molar-refractivity contribution in [3.63, 3.8) is 0 Å². The summed E-state index contributed by atoms with van der Waals surface area (Å²) in [6, 6.07) is 0. The van der Waals surface area contributed by atoms with Crippen LogP contribution in [0.1, 0.15) is 41.5 Å². The minimum atomic E-state index is -2.24. The molecule has 0 radical (unpaired) electrons. The Morgan fingerprint density at radius 2 is 1.65 bits per heavy atom. The number of allylic oxidation sites excluding steroid dienone is 1. The summed E-state index contributed by atoms with van der Waals surface area (Å²) >= 11 is 0. The van der Waals surface area contributed by atoms with Crippen LogP contribution in [0.5, 0.6) is 0 Å². The van der Waals surface area contributed by atoms with E-state index < -0.39 is 28.4 Å². The first-order chi connectivity index (χ1) is 8.70. The molecule has 1 unspecified atom stereocenters. The molecule has 0 saturated heterocycles. The largest absolute Gasteiger partial charge is 0.507 e. The van der Waals surface area contributed by atoms with E-state index in [0.29, 0.717) is 0 Å². The van der Waals surface area contributed by atoms with E-state index in [2.05, 4.69) is 0 Å². The molecule has 0 saturated carbocycles. The van der Waals surface area contributed by atoms with E-state index in [1.54, 1.807) is 20.8 Å². The Labute approximate surface area is 119 Å². The number of aliphatic hydroxyl groups is 3. The molecule has 1 aliphatic rings. The molecule has 20 heavy (non-hydrogen) atoms. The van der Waals surface area contributed by atoms with Crippen molar-refractivity contribution >= 4 is 5.91 Å². The molecular formula is C15H25NO4. The third kappa shape index (κ3) is 2.74. The molecule has 0 aromatic rings. The third-order valence-electron chi connectivity index (χ3n) is 3.58. The van der Waals surface area contributed by atoms with Crippen LogP contribution in [0, 0.1) is 16.7 Å². The molecule has 5 N–H and O–H groups in total. The van der Waals surface area contributed by atoms with Crippen molar-refractivity contribution in [3.8, 4) is 0 Å². The maximum Gasteiger partial charge on any atom is 0.248 e. The summed E-state index contributed by atoms with van der Waals surface area (Å²) in [5, 5.41) is 31.4. The van der Waals surface area contributed by atoms with Gasteiger partial charge >= 0.3 is 0 Å². The normalized spacial score (nSPS) is 23.6. The van der Waals surface area contributed by atoms with Crippen molar-refractivity contribution in [2.24, 2.45) is 22.5 Å². The van der Waals surface area contributed by atoms with E-state index in [9.17, 15) is 20.1 Å². The summed E-state index contributed by atoms with van der Waals surface area (Å²) in [4.78, 5) is 11.6. The van der Waals surface area contributed by atoms with Gasteiger partial charge in [-0.1, -0.05) is 41.5 Å². The molecule has 0 aromatic carbocycles. The Balaban J connectivity index is 3.66. The van der Waals surface area contributed by atoms with Gasteiger partial charge in [0.2, 0.25) is 5.91 Å². The van der Waals surface area contributed by atoms with E-state index in [4.69, 9.17) is 5.73 Å². The first-order valence-corrected chi connectivity index (χ1v) is 6.61.